The van der Waals surface area contributed by atoms with Crippen LogP contribution in [0.15, 0.2) is 21.0 Å². The van der Waals surface area contributed by atoms with Crippen molar-refractivity contribution < 1.29 is 0 Å². The van der Waals surface area contributed by atoms with E-state index in [0.29, 0.717) is 27.7 Å². The van der Waals surface area contributed by atoms with Gasteiger partial charge in [0.2, 0.25) is 0 Å². The molecule has 0 unspecified atom stereocenters. The van der Waals surface area contributed by atoms with Gasteiger partial charge in [-0.2, -0.15) is 0 Å². The third-order valence-corrected chi connectivity index (χ3v) is 3.68. The number of nitrogens with zero attached hydrogens (tertiary/aromatic N) is 4. The monoisotopic (exact) mass is 313 g/mol. The molecule has 6 nitrogen and oxygen atoms in total. The van der Waals surface area contributed by atoms with Crippen LogP contribution in [0.25, 0.3) is 0 Å². The summed E-state index contributed by atoms with van der Waals surface area (Å²) in [5.41, 5.74) is -0.429. The zero-order valence-electron chi connectivity index (χ0n) is 11.8. The quantitative estimate of drug-likeness (QED) is 0.881. The molecule has 2 heterocycles. The van der Waals surface area contributed by atoms with Gasteiger partial charge in [0.1, 0.15) is 16.0 Å². The van der Waals surface area contributed by atoms with Crippen LogP contribution in [0.5, 0.6) is 0 Å². The van der Waals surface area contributed by atoms with Crippen molar-refractivity contribution in [2.75, 3.05) is 0 Å². The van der Waals surface area contributed by atoms with Crippen molar-refractivity contribution in [2.45, 2.75) is 49.8 Å². The number of hydrogen-bond acceptors (Lipinski definition) is 5. The van der Waals surface area contributed by atoms with E-state index in [1.54, 1.807) is 6.07 Å². The first-order chi connectivity index (χ1) is 9.31. The highest BCUT2D eigenvalue weighted by atomic mass is 35.5. The van der Waals surface area contributed by atoms with Gasteiger partial charge in [0.15, 0.2) is 5.16 Å². The number of hydrogen-bond donors (Lipinski definition) is 1. The lowest BCUT2D eigenvalue weighted by molar-refractivity contribution is 0.538. The second kappa shape index (κ2) is 5.57. The zero-order chi connectivity index (χ0) is 14.9. The molecule has 0 radical (unpaired) electrons. The summed E-state index contributed by atoms with van der Waals surface area (Å²) in [7, 11) is 0. The van der Waals surface area contributed by atoms with Crippen molar-refractivity contribution in [1.29, 1.82) is 0 Å². The molecule has 0 spiro atoms. The second-order valence-electron chi connectivity index (χ2n) is 5.26. The maximum absolute atomic E-state index is 11.5. The van der Waals surface area contributed by atoms with Crippen LogP contribution in [-0.4, -0.2) is 24.7 Å². The summed E-state index contributed by atoms with van der Waals surface area (Å²) >= 11 is 7.33. The van der Waals surface area contributed by atoms with Crippen LogP contribution < -0.4 is 5.69 Å². The first kappa shape index (κ1) is 15.1. The number of halogens is 1. The summed E-state index contributed by atoms with van der Waals surface area (Å²) in [6.07, 6.45) is 0. The van der Waals surface area contributed by atoms with Gasteiger partial charge in [0.05, 0.1) is 0 Å². The number of rotatable bonds is 3. The van der Waals surface area contributed by atoms with Crippen molar-refractivity contribution in [2.24, 2.45) is 0 Å². The van der Waals surface area contributed by atoms with E-state index in [4.69, 9.17) is 11.6 Å². The van der Waals surface area contributed by atoms with Gasteiger partial charge in [-0.15, -0.1) is 5.10 Å². The van der Waals surface area contributed by atoms with Crippen molar-refractivity contribution >= 4 is 23.4 Å². The molecule has 0 saturated heterocycles. The van der Waals surface area contributed by atoms with Crippen LogP contribution in [0.2, 0.25) is 5.15 Å². The van der Waals surface area contributed by atoms with Crippen LogP contribution in [0.1, 0.15) is 33.5 Å². The normalized spacial score (nSPS) is 11.8. The minimum absolute atomic E-state index is 0.198. The van der Waals surface area contributed by atoms with E-state index in [1.165, 1.54) is 16.3 Å². The third kappa shape index (κ3) is 3.21. The molecule has 0 bridgehead atoms. The van der Waals surface area contributed by atoms with E-state index < -0.39 is 0 Å². The Morgan fingerprint density at radius 2 is 2.10 bits per heavy atom. The summed E-state index contributed by atoms with van der Waals surface area (Å²) in [6, 6.07) is 1.67. The summed E-state index contributed by atoms with van der Waals surface area (Å²) in [5.74, 6) is 0.661. The Labute approximate surface area is 126 Å². The minimum atomic E-state index is -0.230. The Bertz CT molecular complexity index is 673. The summed E-state index contributed by atoms with van der Waals surface area (Å²) in [6.45, 7) is 8.48. The molecule has 20 heavy (non-hydrogen) atoms. The van der Waals surface area contributed by atoms with Gasteiger partial charge in [-0.25, -0.2) is 19.9 Å². The highest BCUT2D eigenvalue weighted by Gasteiger charge is 2.20. The van der Waals surface area contributed by atoms with Crippen LogP contribution in [-0.2, 0) is 12.0 Å². The Hall–Kier alpha value is -1.34. The molecule has 0 fully saturated rings. The van der Waals surface area contributed by atoms with Crippen LogP contribution in [0, 0.1) is 0 Å². The molecule has 1 N–H and O–H groups in total. The summed E-state index contributed by atoms with van der Waals surface area (Å²) in [5, 5.41) is 8.03. The second-order valence-corrected chi connectivity index (χ2v) is 6.63. The number of nitrogens with one attached hydrogen (secondary N) is 1. The highest BCUT2D eigenvalue weighted by Crippen LogP contribution is 2.28. The topological polar surface area (TPSA) is 76.5 Å². The third-order valence-electron chi connectivity index (χ3n) is 2.58. The van der Waals surface area contributed by atoms with Crippen LogP contribution >= 0.6 is 23.4 Å². The van der Waals surface area contributed by atoms with Crippen LogP contribution in [0.4, 0.5) is 0 Å². The van der Waals surface area contributed by atoms with Crippen molar-refractivity contribution in [1.82, 2.24) is 24.7 Å². The van der Waals surface area contributed by atoms with Gasteiger partial charge in [-0.1, -0.05) is 32.4 Å². The molecule has 2 rings (SSSR count). The molecule has 2 aromatic rings. The molecule has 0 saturated carbocycles. The average molecular weight is 314 g/mol. The van der Waals surface area contributed by atoms with Gasteiger partial charge in [-0.05, 0) is 18.7 Å². The van der Waals surface area contributed by atoms with Crippen LogP contribution in [0.3, 0.4) is 0 Å². The number of aromatic amines is 1. The van der Waals surface area contributed by atoms with E-state index in [-0.39, 0.29) is 11.1 Å². The van der Waals surface area contributed by atoms with E-state index in [9.17, 15) is 4.79 Å². The Balaban J connectivity index is 2.39. The van der Waals surface area contributed by atoms with Gasteiger partial charge in [-0.3, -0.25) is 4.57 Å². The molecular formula is C12H16ClN5OS. The molecule has 0 aliphatic heterocycles. The lowest BCUT2D eigenvalue weighted by Crippen LogP contribution is -2.17. The van der Waals surface area contributed by atoms with Crippen molar-refractivity contribution in [3.63, 3.8) is 0 Å². The lowest BCUT2D eigenvalue weighted by Gasteiger charge is -2.17. The SMILES string of the molecule is CCn1c(Sc2cc(Cl)nc(C(C)(C)C)n2)n[nH]c1=O. The largest absolute Gasteiger partial charge is 0.343 e. The average Bonchev–Trinajstić information content (AvgIpc) is 2.68. The fourth-order valence-electron chi connectivity index (χ4n) is 1.54. The predicted molar refractivity (Wildman–Crippen MR) is 78.4 cm³/mol. The summed E-state index contributed by atoms with van der Waals surface area (Å²) < 4.78 is 1.54. The van der Waals surface area contributed by atoms with E-state index in [1.807, 2.05) is 27.7 Å². The molecular weight excluding hydrogens is 298 g/mol. The molecule has 8 heteroatoms. The first-order valence-corrected chi connectivity index (χ1v) is 7.39. The van der Waals surface area contributed by atoms with E-state index in [2.05, 4.69) is 20.2 Å². The molecule has 0 aliphatic rings. The molecule has 0 amide bonds. The van der Waals surface area contributed by atoms with Crippen molar-refractivity contribution in [3.05, 3.63) is 27.5 Å². The number of aromatic nitrogens is 5. The zero-order valence-corrected chi connectivity index (χ0v) is 13.3. The Kier molecular flexibility index (Phi) is 4.19. The van der Waals surface area contributed by atoms with Gasteiger partial charge < -0.3 is 0 Å². The maximum Gasteiger partial charge on any atom is 0.343 e. The Morgan fingerprint density at radius 3 is 2.70 bits per heavy atom. The lowest BCUT2D eigenvalue weighted by atomic mass is 9.96. The standard InChI is InChI=1S/C12H16ClN5OS/c1-5-18-10(19)16-17-11(18)20-8-6-7(13)14-9(15-8)12(2,3)4/h6H,5H2,1-4H3,(H,16,19). The van der Waals surface area contributed by atoms with Crippen molar-refractivity contribution in [3.8, 4) is 0 Å². The van der Waals surface area contributed by atoms with Gasteiger partial charge in [0.25, 0.3) is 0 Å². The van der Waals surface area contributed by atoms with E-state index >= 15 is 0 Å². The molecule has 0 atom stereocenters. The number of H-pyrrole nitrogens is 1. The molecule has 108 valence electrons. The molecule has 0 aliphatic carbocycles. The Morgan fingerprint density at radius 1 is 1.40 bits per heavy atom. The van der Waals surface area contributed by atoms with Gasteiger partial charge in [0, 0.05) is 18.0 Å². The maximum atomic E-state index is 11.5. The fraction of sp³-hybridized carbons (Fsp3) is 0.500. The predicted octanol–water partition coefficient (Wildman–Crippen LogP) is 2.48. The smallest absolute Gasteiger partial charge is 0.270 e. The highest BCUT2D eigenvalue weighted by molar-refractivity contribution is 7.99. The van der Waals surface area contributed by atoms with E-state index in [0.717, 1.165) is 0 Å². The summed E-state index contributed by atoms with van der Waals surface area (Å²) in [4.78, 5) is 20.2. The van der Waals surface area contributed by atoms with Gasteiger partial charge >= 0.3 is 5.69 Å². The fourth-order valence-corrected chi connectivity index (χ4v) is 2.69. The minimum Gasteiger partial charge on any atom is -0.270 e. The molecule has 0 aromatic carbocycles. The first-order valence-electron chi connectivity index (χ1n) is 6.19. The molecule has 2 aromatic heterocycles.